The molecule has 2 aromatic rings. The number of carbonyl (C=O) groups is 2. The minimum absolute atomic E-state index is 0.111. The molecular formula is C21H23N3O2. The SMILES string of the molecule is C=CCN(CC=C)C(=O)Nc1cccc(CC(=O)Nc2ccccc2)c1. The first-order chi connectivity index (χ1) is 12.6. The summed E-state index contributed by atoms with van der Waals surface area (Å²) in [5, 5.41) is 5.68. The molecule has 5 nitrogen and oxygen atoms in total. The first-order valence-electron chi connectivity index (χ1n) is 8.34. The Hall–Kier alpha value is -3.34. The summed E-state index contributed by atoms with van der Waals surface area (Å²) in [4.78, 5) is 26.1. The smallest absolute Gasteiger partial charge is 0.322 e. The van der Waals surface area contributed by atoms with Crippen molar-refractivity contribution >= 4 is 23.3 Å². The predicted molar refractivity (Wildman–Crippen MR) is 106 cm³/mol. The highest BCUT2D eigenvalue weighted by molar-refractivity contribution is 5.93. The standard InChI is InChI=1S/C21H23N3O2/c1-3-13-24(14-4-2)21(26)23-19-12-8-9-17(15-19)16-20(25)22-18-10-6-5-7-11-18/h3-12,15H,1-2,13-14,16H2,(H,22,25)(H,23,26). The lowest BCUT2D eigenvalue weighted by molar-refractivity contribution is -0.115. The van der Waals surface area contributed by atoms with Crippen molar-refractivity contribution in [3.05, 3.63) is 85.5 Å². The summed E-state index contributed by atoms with van der Waals surface area (Å²) < 4.78 is 0. The highest BCUT2D eigenvalue weighted by atomic mass is 16.2. The number of hydrogen-bond donors (Lipinski definition) is 2. The maximum absolute atomic E-state index is 12.3. The van der Waals surface area contributed by atoms with E-state index in [-0.39, 0.29) is 18.4 Å². The number of benzene rings is 2. The second-order valence-electron chi connectivity index (χ2n) is 5.70. The molecular weight excluding hydrogens is 326 g/mol. The van der Waals surface area contributed by atoms with E-state index in [1.807, 2.05) is 42.5 Å². The molecule has 0 bridgehead atoms. The fraction of sp³-hybridized carbons (Fsp3) is 0.143. The summed E-state index contributed by atoms with van der Waals surface area (Å²) in [5.41, 5.74) is 2.21. The number of carbonyl (C=O) groups excluding carboxylic acids is 2. The fourth-order valence-corrected chi connectivity index (χ4v) is 2.43. The molecule has 0 aliphatic rings. The number of para-hydroxylation sites is 1. The Morgan fingerprint density at radius 3 is 2.19 bits per heavy atom. The zero-order chi connectivity index (χ0) is 18.8. The van der Waals surface area contributed by atoms with Crippen LogP contribution in [-0.4, -0.2) is 29.9 Å². The molecule has 26 heavy (non-hydrogen) atoms. The maximum Gasteiger partial charge on any atom is 0.322 e. The molecule has 0 heterocycles. The van der Waals surface area contributed by atoms with Crippen LogP contribution in [0.2, 0.25) is 0 Å². The van der Waals surface area contributed by atoms with Gasteiger partial charge in [-0.3, -0.25) is 4.79 Å². The van der Waals surface area contributed by atoms with Crippen LogP contribution in [0.1, 0.15) is 5.56 Å². The van der Waals surface area contributed by atoms with Crippen molar-refractivity contribution in [2.75, 3.05) is 23.7 Å². The van der Waals surface area contributed by atoms with Gasteiger partial charge in [-0.15, -0.1) is 13.2 Å². The number of urea groups is 1. The second kappa shape index (κ2) is 9.84. The van der Waals surface area contributed by atoms with Crippen molar-refractivity contribution in [3.8, 4) is 0 Å². The van der Waals surface area contributed by atoms with Crippen LogP contribution in [-0.2, 0) is 11.2 Å². The van der Waals surface area contributed by atoms with Gasteiger partial charge < -0.3 is 15.5 Å². The van der Waals surface area contributed by atoms with E-state index < -0.39 is 0 Å². The largest absolute Gasteiger partial charge is 0.326 e. The number of rotatable bonds is 8. The van der Waals surface area contributed by atoms with Gasteiger partial charge in [-0.05, 0) is 29.8 Å². The van der Waals surface area contributed by atoms with E-state index in [9.17, 15) is 9.59 Å². The van der Waals surface area contributed by atoms with Gasteiger partial charge in [-0.25, -0.2) is 4.79 Å². The van der Waals surface area contributed by atoms with Gasteiger partial charge in [0.05, 0.1) is 6.42 Å². The Bertz CT molecular complexity index is 762. The van der Waals surface area contributed by atoms with Crippen LogP contribution in [0, 0.1) is 0 Å². The van der Waals surface area contributed by atoms with Gasteiger partial charge in [0.15, 0.2) is 0 Å². The molecule has 2 aromatic carbocycles. The van der Waals surface area contributed by atoms with E-state index in [0.717, 1.165) is 11.3 Å². The van der Waals surface area contributed by atoms with Crippen LogP contribution in [0.5, 0.6) is 0 Å². The third-order valence-electron chi connectivity index (χ3n) is 3.59. The molecule has 0 spiro atoms. The van der Waals surface area contributed by atoms with Crippen molar-refractivity contribution in [3.63, 3.8) is 0 Å². The van der Waals surface area contributed by atoms with Crippen molar-refractivity contribution < 1.29 is 9.59 Å². The summed E-state index contributed by atoms with van der Waals surface area (Å²) in [6.07, 6.45) is 3.54. The summed E-state index contributed by atoms with van der Waals surface area (Å²) in [5.74, 6) is -0.111. The van der Waals surface area contributed by atoms with Gasteiger partial charge in [0, 0.05) is 24.5 Å². The van der Waals surface area contributed by atoms with E-state index in [4.69, 9.17) is 0 Å². The Kier molecular flexibility index (Phi) is 7.18. The number of amides is 3. The molecule has 3 amide bonds. The zero-order valence-electron chi connectivity index (χ0n) is 14.7. The molecule has 0 radical (unpaired) electrons. The molecule has 2 N–H and O–H groups in total. The maximum atomic E-state index is 12.3. The Morgan fingerprint density at radius 2 is 1.54 bits per heavy atom. The molecule has 0 saturated carbocycles. The molecule has 0 fully saturated rings. The van der Waals surface area contributed by atoms with Crippen LogP contribution >= 0.6 is 0 Å². The molecule has 134 valence electrons. The monoisotopic (exact) mass is 349 g/mol. The predicted octanol–water partition coefficient (Wildman–Crippen LogP) is 4.07. The van der Waals surface area contributed by atoms with Gasteiger partial charge in [0.2, 0.25) is 5.91 Å². The van der Waals surface area contributed by atoms with E-state index in [1.54, 1.807) is 29.2 Å². The van der Waals surface area contributed by atoms with Gasteiger partial charge in [-0.2, -0.15) is 0 Å². The summed E-state index contributed by atoms with van der Waals surface area (Å²) in [6.45, 7) is 8.16. The highest BCUT2D eigenvalue weighted by Gasteiger charge is 2.11. The quantitative estimate of drug-likeness (QED) is 0.706. The lowest BCUT2D eigenvalue weighted by Crippen LogP contribution is -2.35. The van der Waals surface area contributed by atoms with Crippen LogP contribution in [0.25, 0.3) is 0 Å². The summed E-state index contributed by atoms with van der Waals surface area (Å²) in [6, 6.07) is 16.3. The third kappa shape index (κ3) is 5.94. The number of nitrogens with one attached hydrogen (secondary N) is 2. The number of hydrogen-bond acceptors (Lipinski definition) is 2. The average molecular weight is 349 g/mol. The zero-order valence-corrected chi connectivity index (χ0v) is 14.7. The van der Waals surface area contributed by atoms with E-state index in [0.29, 0.717) is 18.8 Å². The number of nitrogens with zero attached hydrogens (tertiary/aromatic N) is 1. The Morgan fingerprint density at radius 1 is 0.885 bits per heavy atom. The molecule has 0 atom stereocenters. The van der Waals surface area contributed by atoms with Crippen LogP contribution in [0.4, 0.5) is 16.2 Å². The fourth-order valence-electron chi connectivity index (χ4n) is 2.43. The lowest BCUT2D eigenvalue weighted by Gasteiger charge is -2.20. The van der Waals surface area contributed by atoms with Crippen molar-refractivity contribution in [2.24, 2.45) is 0 Å². The molecule has 2 rings (SSSR count). The second-order valence-corrected chi connectivity index (χ2v) is 5.70. The minimum Gasteiger partial charge on any atom is -0.326 e. The average Bonchev–Trinajstić information content (AvgIpc) is 2.62. The van der Waals surface area contributed by atoms with E-state index in [2.05, 4.69) is 23.8 Å². The van der Waals surface area contributed by atoms with E-state index >= 15 is 0 Å². The van der Waals surface area contributed by atoms with E-state index in [1.165, 1.54) is 0 Å². The molecule has 0 unspecified atom stereocenters. The van der Waals surface area contributed by atoms with Gasteiger partial charge in [0.1, 0.15) is 0 Å². The summed E-state index contributed by atoms with van der Waals surface area (Å²) in [7, 11) is 0. The van der Waals surface area contributed by atoms with Gasteiger partial charge in [-0.1, -0.05) is 42.5 Å². The molecule has 5 heteroatoms. The normalized spacial score (nSPS) is 9.85. The Balaban J connectivity index is 1.98. The number of anilines is 2. The lowest BCUT2D eigenvalue weighted by atomic mass is 10.1. The van der Waals surface area contributed by atoms with Crippen LogP contribution in [0.15, 0.2) is 79.9 Å². The third-order valence-corrected chi connectivity index (χ3v) is 3.59. The Labute approximate surface area is 154 Å². The molecule has 0 aromatic heterocycles. The van der Waals surface area contributed by atoms with Crippen molar-refractivity contribution in [1.29, 1.82) is 0 Å². The van der Waals surface area contributed by atoms with Crippen LogP contribution < -0.4 is 10.6 Å². The molecule has 0 aliphatic heterocycles. The molecule has 0 aliphatic carbocycles. The first kappa shape index (κ1) is 19.0. The molecule has 0 saturated heterocycles. The highest BCUT2D eigenvalue weighted by Crippen LogP contribution is 2.13. The summed E-state index contributed by atoms with van der Waals surface area (Å²) >= 11 is 0. The van der Waals surface area contributed by atoms with Gasteiger partial charge in [0.25, 0.3) is 0 Å². The van der Waals surface area contributed by atoms with Gasteiger partial charge >= 0.3 is 6.03 Å². The first-order valence-corrected chi connectivity index (χ1v) is 8.34. The topological polar surface area (TPSA) is 61.4 Å². The van der Waals surface area contributed by atoms with Crippen molar-refractivity contribution in [1.82, 2.24) is 4.90 Å². The van der Waals surface area contributed by atoms with Crippen LogP contribution in [0.3, 0.4) is 0 Å². The minimum atomic E-state index is -0.240. The van der Waals surface area contributed by atoms with Crippen molar-refractivity contribution in [2.45, 2.75) is 6.42 Å².